The topological polar surface area (TPSA) is 51.2 Å². The van der Waals surface area contributed by atoms with Crippen molar-refractivity contribution >= 4 is 48.5 Å². The number of carbonyl (C=O) groups excluding carboxylic acids is 1. The van der Waals surface area contributed by atoms with Crippen LogP contribution in [0.3, 0.4) is 0 Å². The fourth-order valence-corrected chi connectivity index (χ4v) is 4.15. The summed E-state index contributed by atoms with van der Waals surface area (Å²) in [4.78, 5) is 16.7. The van der Waals surface area contributed by atoms with Gasteiger partial charge in [-0.1, -0.05) is 40.3 Å². The van der Waals surface area contributed by atoms with E-state index < -0.39 is 0 Å². The molecular formula is C19H19BrN2O2S. The molecule has 0 aliphatic heterocycles. The van der Waals surface area contributed by atoms with E-state index in [0.29, 0.717) is 5.13 Å². The lowest BCUT2D eigenvalue weighted by Crippen LogP contribution is -2.20. The first-order chi connectivity index (χ1) is 12.0. The quantitative estimate of drug-likeness (QED) is 0.614. The van der Waals surface area contributed by atoms with E-state index in [9.17, 15) is 4.79 Å². The lowest BCUT2D eigenvalue weighted by molar-refractivity contribution is -0.118. The zero-order valence-electron chi connectivity index (χ0n) is 14.4. The van der Waals surface area contributed by atoms with Crippen LogP contribution in [0.1, 0.15) is 23.6 Å². The van der Waals surface area contributed by atoms with Crippen LogP contribution in [0.2, 0.25) is 0 Å². The maximum Gasteiger partial charge on any atom is 0.264 e. The number of amides is 1. The molecule has 0 saturated heterocycles. The number of ether oxygens (including phenoxy) is 1. The van der Waals surface area contributed by atoms with Gasteiger partial charge in [0.25, 0.3) is 5.91 Å². The van der Waals surface area contributed by atoms with E-state index in [1.165, 1.54) is 16.9 Å². The molecule has 2 aromatic carbocycles. The summed E-state index contributed by atoms with van der Waals surface area (Å²) >= 11 is 4.93. The zero-order chi connectivity index (χ0) is 18.0. The van der Waals surface area contributed by atoms with E-state index in [1.54, 1.807) is 0 Å². The van der Waals surface area contributed by atoms with E-state index in [0.717, 1.165) is 38.0 Å². The van der Waals surface area contributed by atoms with Gasteiger partial charge in [0.05, 0.1) is 10.2 Å². The molecule has 1 aromatic heterocycles. The molecule has 0 saturated carbocycles. The highest BCUT2D eigenvalue weighted by molar-refractivity contribution is 9.10. The summed E-state index contributed by atoms with van der Waals surface area (Å²) in [5.74, 6) is 0.523. The third kappa shape index (κ3) is 4.19. The van der Waals surface area contributed by atoms with E-state index in [2.05, 4.69) is 52.2 Å². The van der Waals surface area contributed by atoms with Gasteiger partial charge >= 0.3 is 0 Å². The number of thiazole rings is 1. The van der Waals surface area contributed by atoms with E-state index in [1.807, 2.05) is 25.1 Å². The van der Waals surface area contributed by atoms with E-state index in [4.69, 9.17) is 4.74 Å². The number of nitrogens with zero attached hydrogens (tertiary/aromatic N) is 1. The van der Waals surface area contributed by atoms with Gasteiger partial charge in [-0.2, -0.15) is 0 Å². The number of hydrogen-bond donors (Lipinski definition) is 1. The number of halogens is 1. The predicted octanol–water partition coefficient (Wildman–Crippen LogP) is 5.26. The molecule has 0 bridgehead atoms. The van der Waals surface area contributed by atoms with Gasteiger partial charge in [-0.15, -0.1) is 0 Å². The Morgan fingerprint density at radius 2 is 2.08 bits per heavy atom. The maximum absolute atomic E-state index is 12.2. The normalized spacial score (nSPS) is 10.9. The molecule has 0 aliphatic rings. The van der Waals surface area contributed by atoms with Gasteiger partial charge in [0.2, 0.25) is 0 Å². The van der Waals surface area contributed by atoms with E-state index >= 15 is 0 Å². The lowest BCUT2D eigenvalue weighted by atomic mass is 10.1. The van der Waals surface area contributed by atoms with Crippen LogP contribution in [-0.2, 0) is 11.2 Å². The van der Waals surface area contributed by atoms with Crippen LogP contribution in [-0.4, -0.2) is 17.5 Å². The van der Waals surface area contributed by atoms with Crippen LogP contribution in [0.15, 0.2) is 34.8 Å². The molecule has 0 spiro atoms. The Labute approximate surface area is 159 Å². The molecule has 130 valence electrons. The number of nitrogens with one attached hydrogen (secondary N) is 1. The summed E-state index contributed by atoms with van der Waals surface area (Å²) < 4.78 is 7.76. The third-order valence-corrected chi connectivity index (χ3v) is 5.25. The summed E-state index contributed by atoms with van der Waals surface area (Å²) in [6.45, 7) is 6.11. The smallest absolute Gasteiger partial charge is 0.264 e. The zero-order valence-corrected chi connectivity index (χ0v) is 16.8. The molecule has 1 amide bonds. The predicted molar refractivity (Wildman–Crippen MR) is 107 cm³/mol. The molecule has 1 heterocycles. The van der Waals surface area contributed by atoms with Gasteiger partial charge < -0.3 is 4.74 Å². The number of hydrogen-bond acceptors (Lipinski definition) is 4. The number of fused-ring (bicyclic) bond motifs is 1. The minimum Gasteiger partial charge on any atom is -0.483 e. The summed E-state index contributed by atoms with van der Waals surface area (Å²) in [5, 5.41) is 3.43. The Kier molecular flexibility index (Phi) is 5.39. The number of benzene rings is 2. The van der Waals surface area contributed by atoms with Crippen molar-refractivity contribution in [2.75, 3.05) is 11.9 Å². The first kappa shape index (κ1) is 17.9. The number of aromatic nitrogens is 1. The monoisotopic (exact) mass is 418 g/mol. The van der Waals surface area contributed by atoms with Crippen molar-refractivity contribution in [3.8, 4) is 5.75 Å². The Bertz CT molecular complexity index is 937. The lowest BCUT2D eigenvalue weighted by Gasteiger charge is -2.10. The maximum atomic E-state index is 12.2. The molecular weight excluding hydrogens is 400 g/mol. The van der Waals surface area contributed by atoms with Crippen LogP contribution in [0.5, 0.6) is 5.75 Å². The highest BCUT2D eigenvalue weighted by Gasteiger charge is 2.11. The number of anilines is 1. The van der Waals surface area contributed by atoms with E-state index in [-0.39, 0.29) is 12.5 Å². The van der Waals surface area contributed by atoms with Crippen LogP contribution in [0, 0.1) is 13.8 Å². The molecule has 25 heavy (non-hydrogen) atoms. The Morgan fingerprint density at radius 3 is 2.84 bits per heavy atom. The minimum atomic E-state index is -0.210. The molecule has 4 nitrogen and oxygen atoms in total. The molecule has 3 rings (SSSR count). The molecule has 0 radical (unpaired) electrons. The van der Waals surface area contributed by atoms with Crippen molar-refractivity contribution < 1.29 is 9.53 Å². The Hall–Kier alpha value is -1.92. The molecule has 6 heteroatoms. The van der Waals surface area contributed by atoms with Gasteiger partial charge in [-0.25, -0.2) is 4.98 Å². The van der Waals surface area contributed by atoms with Crippen molar-refractivity contribution in [2.24, 2.45) is 0 Å². The standard InChI is InChI=1S/C19H19BrN2O2S/c1-4-13-9-14(20)5-6-15(13)24-10-17(23)21-19-22-18-12(3)7-11(2)8-16(18)25-19/h5-9H,4,10H2,1-3H3,(H,21,22,23). The summed E-state index contributed by atoms with van der Waals surface area (Å²) in [6.07, 6.45) is 0.840. The van der Waals surface area contributed by atoms with Crippen molar-refractivity contribution in [2.45, 2.75) is 27.2 Å². The Morgan fingerprint density at radius 1 is 1.28 bits per heavy atom. The van der Waals surface area contributed by atoms with Crippen LogP contribution in [0.4, 0.5) is 5.13 Å². The molecule has 0 unspecified atom stereocenters. The highest BCUT2D eigenvalue weighted by atomic mass is 79.9. The molecule has 3 aromatic rings. The van der Waals surface area contributed by atoms with Crippen molar-refractivity contribution in [3.63, 3.8) is 0 Å². The highest BCUT2D eigenvalue weighted by Crippen LogP contribution is 2.29. The third-order valence-electron chi connectivity index (χ3n) is 3.84. The van der Waals surface area contributed by atoms with Crippen LogP contribution in [0.25, 0.3) is 10.2 Å². The largest absolute Gasteiger partial charge is 0.483 e. The van der Waals surface area contributed by atoms with Crippen LogP contribution >= 0.6 is 27.3 Å². The summed E-state index contributed by atoms with van der Waals surface area (Å²) in [7, 11) is 0. The first-order valence-corrected chi connectivity index (χ1v) is 9.66. The Balaban J connectivity index is 1.68. The summed E-state index contributed by atoms with van der Waals surface area (Å²) in [6, 6.07) is 9.97. The first-order valence-electron chi connectivity index (χ1n) is 8.05. The van der Waals surface area contributed by atoms with Gasteiger partial charge in [-0.05, 0) is 61.2 Å². The van der Waals surface area contributed by atoms with Gasteiger partial charge in [0.1, 0.15) is 5.75 Å². The molecule has 0 aliphatic carbocycles. The van der Waals surface area contributed by atoms with Gasteiger partial charge in [0.15, 0.2) is 11.7 Å². The summed E-state index contributed by atoms with van der Waals surface area (Å²) in [5.41, 5.74) is 4.31. The minimum absolute atomic E-state index is 0.0391. The second kappa shape index (κ2) is 7.54. The van der Waals surface area contributed by atoms with Crippen molar-refractivity contribution in [3.05, 3.63) is 51.5 Å². The van der Waals surface area contributed by atoms with Crippen molar-refractivity contribution in [1.82, 2.24) is 4.98 Å². The second-order valence-electron chi connectivity index (χ2n) is 5.89. The van der Waals surface area contributed by atoms with Crippen molar-refractivity contribution in [1.29, 1.82) is 0 Å². The molecule has 0 atom stereocenters. The fraction of sp³-hybridized carbons (Fsp3) is 0.263. The number of aryl methyl sites for hydroxylation is 3. The number of carbonyl (C=O) groups is 1. The van der Waals surface area contributed by atoms with Gasteiger partial charge in [0, 0.05) is 4.47 Å². The number of rotatable bonds is 5. The average Bonchev–Trinajstić information content (AvgIpc) is 2.96. The average molecular weight is 419 g/mol. The second-order valence-corrected chi connectivity index (χ2v) is 7.84. The fourth-order valence-electron chi connectivity index (χ4n) is 2.69. The van der Waals surface area contributed by atoms with Gasteiger partial charge in [-0.3, -0.25) is 10.1 Å². The molecule has 0 fully saturated rings. The SMILES string of the molecule is CCc1cc(Br)ccc1OCC(=O)Nc1nc2c(C)cc(C)cc2s1. The van der Waals surface area contributed by atoms with Crippen LogP contribution < -0.4 is 10.1 Å². The molecule has 1 N–H and O–H groups in total.